The summed E-state index contributed by atoms with van der Waals surface area (Å²) < 4.78 is 0. The Labute approximate surface area is 200 Å². The summed E-state index contributed by atoms with van der Waals surface area (Å²) in [5.41, 5.74) is 4.93. The third-order valence-electron chi connectivity index (χ3n) is 6.07. The molecule has 1 aliphatic rings. The molecule has 1 fully saturated rings. The van der Waals surface area contributed by atoms with Crippen molar-refractivity contribution < 1.29 is 9.59 Å². The Bertz CT molecular complexity index is 1110. The van der Waals surface area contributed by atoms with E-state index in [2.05, 4.69) is 31.3 Å². The van der Waals surface area contributed by atoms with Crippen molar-refractivity contribution in [3.8, 4) is 0 Å². The Kier molecular flexibility index (Phi) is 7.19. The monoisotopic (exact) mass is 458 g/mol. The summed E-state index contributed by atoms with van der Waals surface area (Å²) in [5.74, 6) is 0.776. The van der Waals surface area contributed by atoms with E-state index in [1.165, 1.54) is 5.56 Å². The molecule has 4 rings (SSSR count). The van der Waals surface area contributed by atoms with Gasteiger partial charge in [0.25, 0.3) is 0 Å². The van der Waals surface area contributed by atoms with Crippen LogP contribution in [-0.4, -0.2) is 17.6 Å². The van der Waals surface area contributed by atoms with Gasteiger partial charge in [-0.15, -0.1) is 11.8 Å². The van der Waals surface area contributed by atoms with Crippen molar-refractivity contribution in [3.05, 3.63) is 95.6 Å². The highest BCUT2D eigenvalue weighted by Gasteiger charge is 2.34. The lowest BCUT2D eigenvalue weighted by Crippen LogP contribution is -2.28. The van der Waals surface area contributed by atoms with Gasteiger partial charge in [0.15, 0.2) is 0 Å². The molecule has 3 aromatic rings. The zero-order chi connectivity index (χ0) is 23.4. The summed E-state index contributed by atoms with van der Waals surface area (Å²) in [5, 5.41) is 2.97. The van der Waals surface area contributed by atoms with Crippen molar-refractivity contribution in [1.29, 1.82) is 0 Å². The molecule has 1 heterocycles. The molecule has 5 heteroatoms. The lowest BCUT2D eigenvalue weighted by molar-refractivity contribution is -0.118. The van der Waals surface area contributed by atoms with Gasteiger partial charge in [0.1, 0.15) is 5.37 Å². The van der Waals surface area contributed by atoms with Crippen LogP contribution in [0.4, 0.5) is 11.4 Å². The van der Waals surface area contributed by atoms with Gasteiger partial charge >= 0.3 is 0 Å². The number of anilines is 2. The molecule has 3 aromatic carbocycles. The standard InChI is InChI=1S/C28H30N2O2S/c1-4-25(21-9-6-5-7-10-21)27(32)29-23-12-8-11-22(17-23)28-30(26(31)18-33-28)24-15-13-20(14-16-24)19(2)3/h5-17,19,25,28H,4,18H2,1-3H3,(H,29,32)/t25-,28-/m0/s1. The van der Waals surface area contributed by atoms with E-state index in [1.807, 2.05) is 78.6 Å². The molecule has 1 N–H and O–H groups in total. The second kappa shape index (κ2) is 10.3. The summed E-state index contributed by atoms with van der Waals surface area (Å²) in [6.07, 6.45) is 0.725. The number of carbonyl (C=O) groups is 2. The van der Waals surface area contributed by atoms with Crippen LogP contribution < -0.4 is 10.2 Å². The van der Waals surface area contributed by atoms with E-state index >= 15 is 0 Å². The van der Waals surface area contributed by atoms with Gasteiger partial charge in [-0.3, -0.25) is 14.5 Å². The van der Waals surface area contributed by atoms with Crippen LogP contribution >= 0.6 is 11.8 Å². The molecule has 2 amide bonds. The highest BCUT2D eigenvalue weighted by Crippen LogP contribution is 2.42. The zero-order valence-corrected chi connectivity index (χ0v) is 20.1. The fourth-order valence-electron chi connectivity index (χ4n) is 4.23. The summed E-state index contributed by atoms with van der Waals surface area (Å²) >= 11 is 1.62. The van der Waals surface area contributed by atoms with Gasteiger partial charge in [0.05, 0.1) is 11.7 Å². The van der Waals surface area contributed by atoms with Gasteiger partial charge in [-0.1, -0.05) is 75.4 Å². The lowest BCUT2D eigenvalue weighted by Gasteiger charge is -2.25. The van der Waals surface area contributed by atoms with Crippen LogP contribution in [0.5, 0.6) is 0 Å². The predicted octanol–water partition coefficient (Wildman–Crippen LogP) is 6.72. The Morgan fingerprint density at radius 3 is 2.39 bits per heavy atom. The molecule has 1 saturated heterocycles. The fraction of sp³-hybridized carbons (Fsp3) is 0.286. The van der Waals surface area contributed by atoms with E-state index in [-0.39, 0.29) is 23.1 Å². The van der Waals surface area contributed by atoms with Crippen LogP contribution in [0.2, 0.25) is 0 Å². The highest BCUT2D eigenvalue weighted by molar-refractivity contribution is 8.00. The third-order valence-corrected chi connectivity index (χ3v) is 7.28. The van der Waals surface area contributed by atoms with Crippen molar-refractivity contribution in [2.75, 3.05) is 16.0 Å². The number of benzene rings is 3. The molecular weight excluding hydrogens is 428 g/mol. The van der Waals surface area contributed by atoms with Gasteiger partial charge in [-0.05, 0) is 53.3 Å². The number of nitrogens with one attached hydrogen (secondary N) is 1. The maximum atomic E-state index is 13.0. The molecule has 1 aliphatic heterocycles. The van der Waals surface area contributed by atoms with E-state index in [4.69, 9.17) is 0 Å². The number of hydrogen-bond acceptors (Lipinski definition) is 3. The number of carbonyl (C=O) groups excluding carboxylic acids is 2. The van der Waals surface area contributed by atoms with Crippen molar-refractivity contribution >= 4 is 35.0 Å². The number of thioether (sulfide) groups is 1. The zero-order valence-electron chi connectivity index (χ0n) is 19.3. The highest BCUT2D eigenvalue weighted by atomic mass is 32.2. The fourth-order valence-corrected chi connectivity index (χ4v) is 5.39. The average Bonchev–Trinajstić information content (AvgIpc) is 3.22. The number of nitrogens with zero attached hydrogens (tertiary/aromatic N) is 1. The second-order valence-corrected chi connectivity index (χ2v) is 9.73. The molecule has 0 spiro atoms. The van der Waals surface area contributed by atoms with Crippen molar-refractivity contribution in [3.63, 3.8) is 0 Å². The smallest absolute Gasteiger partial charge is 0.238 e. The quantitative estimate of drug-likeness (QED) is 0.427. The van der Waals surface area contributed by atoms with Gasteiger partial charge in [0, 0.05) is 11.4 Å². The Balaban J connectivity index is 1.55. The first-order valence-electron chi connectivity index (χ1n) is 11.5. The average molecular weight is 459 g/mol. The molecule has 33 heavy (non-hydrogen) atoms. The van der Waals surface area contributed by atoms with E-state index < -0.39 is 0 Å². The molecule has 0 bridgehead atoms. The molecule has 0 aliphatic carbocycles. The first-order chi connectivity index (χ1) is 16.0. The first-order valence-corrected chi connectivity index (χ1v) is 12.5. The molecule has 4 nitrogen and oxygen atoms in total. The Morgan fingerprint density at radius 2 is 1.73 bits per heavy atom. The first kappa shape index (κ1) is 23.1. The van der Waals surface area contributed by atoms with Gasteiger partial charge < -0.3 is 5.32 Å². The normalized spacial score (nSPS) is 16.8. The van der Waals surface area contributed by atoms with Crippen LogP contribution in [0.1, 0.15) is 61.1 Å². The summed E-state index contributed by atoms with van der Waals surface area (Å²) in [4.78, 5) is 27.7. The molecule has 0 radical (unpaired) electrons. The van der Waals surface area contributed by atoms with E-state index in [9.17, 15) is 9.59 Å². The molecule has 170 valence electrons. The number of amides is 2. The predicted molar refractivity (Wildman–Crippen MR) is 138 cm³/mol. The van der Waals surface area contributed by atoms with Crippen LogP contribution in [0.3, 0.4) is 0 Å². The molecular formula is C28H30N2O2S. The SMILES string of the molecule is CC[C@H](C(=O)Nc1cccc([C@@H]2SCC(=O)N2c2ccc(C(C)C)cc2)c1)c1ccccc1. The minimum atomic E-state index is -0.201. The Morgan fingerprint density at radius 1 is 1.00 bits per heavy atom. The minimum Gasteiger partial charge on any atom is -0.326 e. The third kappa shape index (κ3) is 5.14. The largest absolute Gasteiger partial charge is 0.326 e. The maximum absolute atomic E-state index is 13.0. The van der Waals surface area contributed by atoms with Crippen LogP contribution in [0.15, 0.2) is 78.9 Å². The maximum Gasteiger partial charge on any atom is 0.238 e. The second-order valence-electron chi connectivity index (χ2n) is 8.66. The number of hydrogen-bond donors (Lipinski definition) is 1. The van der Waals surface area contributed by atoms with E-state index in [0.717, 1.165) is 28.9 Å². The van der Waals surface area contributed by atoms with Crippen molar-refractivity contribution in [2.24, 2.45) is 0 Å². The van der Waals surface area contributed by atoms with Gasteiger partial charge in [-0.25, -0.2) is 0 Å². The van der Waals surface area contributed by atoms with Crippen molar-refractivity contribution in [1.82, 2.24) is 0 Å². The van der Waals surface area contributed by atoms with Crippen LogP contribution in [0, 0.1) is 0 Å². The summed E-state index contributed by atoms with van der Waals surface area (Å²) in [6, 6.07) is 26.0. The number of rotatable bonds is 7. The van der Waals surface area contributed by atoms with Gasteiger partial charge in [0.2, 0.25) is 11.8 Å². The van der Waals surface area contributed by atoms with Crippen molar-refractivity contribution in [2.45, 2.75) is 44.4 Å². The summed E-state index contributed by atoms with van der Waals surface area (Å²) in [6.45, 7) is 6.35. The van der Waals surface area contributed by atoms with Gasteiger partial charge in [-0.2, -0.15) is 0 Å². The Hall–Kier alpha value is -3.05. The molecule has 0 aromatic heterocycles. The lowest BCUT2D eigenvalue weighted by atomic mass is 9.95. The molecule has 0 saturated carbocycles. The minimum absolute atomic E-state index is 0.0165. The summed E-state index contributed by atoms with van der Waals surface area (Å²) in [7, 11) is 0. The topological polar surface area (TPSA) is 49.4 Å². The molecule has 0 unspecified atom stereocenters. The van der Waals surface area contributed by atoms with E-state index in [0.29, 0.717) is 11.7 Å². The van der Waals surface area contributed by atoms with E-state index in [1.54, 1.807) is 11.8 Å². The molecule has 2 atom stereocenters. The van der Waals surface area contributed by atoms with Crippen LogP contribution in [-0.2, 0) is 9.59 Å². The van der Waals surface area contributed by atoms with Crippen LogP contribution in [0.25, 0.3) is 0 Å².